The van der Waals surface area contributed by atoms with Crippen molar-refractivity contribution in [3.05, 3.63) is 65.5 Å². The zero-order valence-corrected chi connectivity index (χ0v) is 9.91. The van der Waals surface area contributed by atoms with Crippen molar-refractivity contribution < 1.29 is 4.39 Å². The molecule has 17 heavy (non-hydrogen) atoms. The number of nitrogens with one attached hydrogen (secondary N) is 1. The first-order valence-electron chi connectivity index (χ1n) is 5.80. The summed E-state index contributed by atoms with van der Waals surface area (Å²) in [5.74, 6) is -0.197. The van der Waals surface area contributed by atoms with E-state index in [4.69, 9.17) is 0 Å². The number of benzene rings is 2. The molecule has 2 heteroatoms. The van der Waals surface area contributed by atoms with Crippen molar-refractivity contribution in [1.82, 2.24) is 0 Å². The van der Waals surface area contributed by atoms with Crippen LogP contribution < -0.4 is 5.32 Å². The molecule has 0 saturated carbocycles. The van der Waals surface area contributed by atoms with Crippen molar-refractivity contribution in [2.45, 2.75) is 13.3 Å². The molecule has 0 aliphatic carbocycles. The Morgan fingerprint density at radius 3 is 2.47 bits per heavy atom. The lowest BCUT2D eigenvalue weighted by atomic mass is 10.1. The number of anilines is 1. The van der Waals surface area contributed by atoms with E-state index in [0.717, 1.165) is 13.0 Å². The van der Waals surface area contributed by atoms with Gasteiger partial charge in [-0.15, -0.1) is 0 Å². The number of hydrogen-bond donors (Lipinski definition) is 1. The fraction of sp³-hybridized carbons (Fsp3) is 0.200. The molecule has 0 spiro atoms. The fourth-order valence-corrected chi connectivity index (χ4v) is 1.83. The van der Waals surface area contributed by atoms with Crippen LogP contribution in [-0.2, 0) is 6.42 Å². The molecule has 2 aromatic rings. The van der Waals surface area contributed by atoms with Crippen LogP contribution in [0.15, 0.2) is 48.5 Å². The average Bonchev–Trinajstić information content (AvgIpc) is 2.34. The van der Waals surface area contributed by atoms with Crippen molar-refractivity contribution in [3.63, 3.8) is 0 Å². The van der Waals surface area contributed by atoms with Crippen LogP contribution in [0.3, 0.4) is 0 Å². The zero-order chi connectivity index (χ0) is 12.1. The first kappa shape index (κ1) is 11.6. The molecule has 1 nitrogen and oxygen atoms in total. The summed E-state index contributed by atoms with van der Waals surface area (Å²) >= 11 is 0. The van der Waals surface area contributed by atoms with Crippen LogP contribution in [0.5, 0.6) is 0 Å². The number of hydrogen-bond acceptors (Lipinski definition) is 1. The summed E-state index contributed by atoms with van der Waals surface area (Å²) in [6.45, 7) is 2.84. The SMILES string of the molecule is Cc1ccccc1CCNc1ccccc1F. The van der Waals surface area contributed by atoms with Crippen molar-refractivity contribution in [1.29, 1.82) is 0 Å². The molecule has 0 bridgehead atoms. The Kier molecular flexibility index (Phi) is 3.76. The third-order valence-corrected chi connectivity index (χ3v) is 2.84. The average molecular weight is 229 g/mol. The minimum atomic E-state index is -0.197. The van der Waals surface area contributed by atoms with Crippen LogP contribution in [0.1, 0.15) is 11.1 Å². The molecule has 0 aliphatic rings. The maximum absolute atomic E-state index is 13.3. The van der Waals surface area contributed by atoms with Gasteiger partial charge in [0.05, 0.1) is 5.69 Å². The van der Waals surface area contributed by atoms with Gasteiger partial charge in [-0.05, 0) is 36.6 Å². The molecule has 0 aromatic heterocycles. The first-order valence-corrected chi connectivity index (χ1v) is 5.80. The normalized spacial score (nSPS) is 10.2. The predicted molar refractivity (Wildman–Crippen MR) is 69.8 cm³/mol. The number of para-hydroxylation sites is 1. The molecule has 1 N–H and O–H groups in total. The lowest BCUT2D eigenvalue weighted by molar-refractivity contribution is 0.630. The van der Waals surface area contributed by atoms with Gasteiger partial charge in [0.2, 0.25) is 0 Å². The maximum atomic E-state index is 13.3. The fourth-order valence-electron chi connectivity index (χ4n) is 1.83. The number of aryl methyl sites for hydroxylation is 1. The first-order chi connectivity index (χ1) is 8.27. The Labute approximate surface area is 101 Å². The van der Waals surface area contributed by atoms with Crippen LogP contribution in [0.25, 0.3) is 0 Å². The monoisotopic (exact) mass is 229 g/mol. The highest BCUT2D eigenvalue weighted by atomic mass is 19.1. The lowest BCUT2D eigenvalue weighted by Gasteiger charge is -2.08. The van der Waals surface area contributed by atoms with Crippen LogP contribution in [0.4, 0.5) is 10.1 Å². The number of rotatable bonds is 4. The van der Waals surface area contributed by atoms with E-state index in [9.17, 15) is 4.39 Å². The van der Waals surface area contributed by atoms with E-state index in [1.807, 2.05) is 18.2 Å². The van der Waals surface area contributed by atoms with Gasteiger partial charge in [0.25, 0.3) is 0 Å². The standard InChI is InChI=1S/C15H16FN/c1-12-6-2-3-7-13(12)10-11-17-15-9-5-4-8-14(15)16/h2-9,17H,10-11H2,1H3. The second kappa shape index (κ2) is 5.48. The maximum Gasteiger partial charge on any atom is 0.146 e. The molecule has 0 saturated heterocycles. The van der Waals surface area contributed by atoms with E-state index >= 15 is 0 Å². The van der Waals surface area contributed by atoms with Gasteiger partial charge in [-0.2, -0.15) is 0 Å². The molecule has 88 valence electrons. The summed E-state index contributed by atoms with van der Waals surface area (Å²) in [5.41, 5.74) is 3.15. The van der Waals surface area contributed by atoms with Crippen molar-refractivity contribution in [3.8, 4) is 0 Å². The summed E-state index contributed by atoms with van der Waals surface area (Å²) in [6, 6.07) is 15.0. The molecular formula is C15H16FN. The van der Waals surface area contributed by atoms with Gasteiger partial charge in [-0.3, -0.25) is 0 Å². The largest absolute Gasteiger partial charge is 0.382 e. The topological polar surface area (TPSA) is 12.0 Å². The molecule has 0 radical (unpaired) electrons. The number of halogens is 1. The van der Waals surface area contributed by atoms with Gasteiger partial charge in [0, 0.05) is 6.54 Å². The van der Waals surface area contributed by atoms with Gasteiger partial charge < -0.3 is 5.32 Å². The van der Waals surface area contributed by atoms with Crippen LogP contribution >= 0.6 is 0 Å². The smallest absolute Gasteiger partial charge is 0.146 e. The van der Waals surface area contributed by atoms with Crippen molar-refractivity contribution in [2.24, 2.45) is 0 Å². The Hall–Kier alpha value is -1.83. The highest BCUT2D eigenvalue weighted by molar-refractivity contribution is 5.44. The van der Waals surface area contributed by atoms with Crippen LogP contribution in [-0.4, -0.2) is 6.54 Å². The third-order valence-electron chi connectivity index (χ3n) is 2.84. The lowest BCUT2D eigenvalue weighted by Crippen LogP contribution is -2.06. The van der Waals surface area contributed by atoms with Gasteiger partial charge in [0.15, 0.2) is 0 Å². The molecule has 0 atom stereocenters. The summed E-state index contributed by atoms with van der Waals surface area (Å²) < 4.78 is 13.3. The van der Waals surface area contributed by atoms with Gasteiger partial charge in [0.1, 0.15) is 5.82 Å². The molecule has 0 fully saturated rings. The summed E-state index contributed by atoms with van der Waals surface area (Å²) in [4.78, 5) is 0. The van der Waals surface area contributed by atoms with Gasteiger partial charge >= 0.3 is 0 Å². The molecular weight excluding hydrogens is 213 g/mol. The minimum Gasteiger partial charge on any atom is -0.382 e. The summed E-state index contributed by atoms with van der Waals surface area (Å²) in [6.07, 6.45) is 0.904. The van der Waals surface area contributed by atoms with Crippen molar-refractivity contribution in [2.75, 3.05) is 11.9 Å². The summed E-state index contributed by atoms with van der Waals surface area (Å²) in [7, 11) is 0. The molecule has 2 aromatic carbocycles. The Morgan fingerprint density at radius 1 is 1.00 bits per heavy atom. The highest BCUT2D eigenvalue weighted by Crippen LogP contribution is 2.13. The van der Waals surface area contributed by atoms with E-state index in [0.29, 0.717) is 5.69 Å². The van der Waals surface area contributed by atoms with Crippen LogP contribution in [0.2, 0.25) is 0 Å². The minimum absolute atomic E-state index is 0.197. The highest BCUT2D eigenvalue weighted by Gasteiger charge is 2.00. The molecule has 0 aliphatic heterocycles. The third kappa shape index (κ3) is 3.06. The predicted octanol–water partition coefficient (Wildman–Crippen LogP) is 3.79. The molecule has 0 heterocycles. The molecule has 2 rings (SSSR count). The zero-order valence-electron chi connectivity index (χ0n) is 9.91. The van der Waals surface area contributed by atoms with E-state index in [1.165, 1.54) is 17.2 Å². The molecule has 0 amide bonds. The Bertz CT molecular complexity index is 448. The Balaban J connectivity index is 1.93. The van der Waals surface area contributed by atoms with Gasteiger partial charge in [-0.1, -0.05) is 36.4 Å². The second-order valence-electron chi connectivity index (χ2n) is 4.08. The summed E-state index contributed by atoms with van der Waals surface area (Å²) in [5, 5.41) is 3.11. The second-order valence-corrected chi connectivity index (χ2v) is 4.08. The van der Waals surface area contributed by atoms with Crippen LogP contribution in [0, 0.1) is 12.7 Å². The van der Waals surface area contributed by atoms with E-state index < -0.39 is 0 Å². The van der Waals surface area contributed by atoms with E-state index in [1.54, 1.807) is 12.1 Å². The van der Waals surface area contributed by atoms with E-state index in [-0.39, 0.29) is 5.82 Å². The molecule has 0 unspecified atom stereocenters. The van der Waals surface area contributed by atoms with Gasteiger partial charge in [-0.25, -0.2) is 4.39 Å². The van der Waals surface area contributed by atoms with Crippen molar-refractivity contribution >= 4 is 5.69 Å². The quantitative estimate of drug-likeness (QED) is 0.841. The Morgan fingerprint density at radius 2 is 1.71 bits per heavy atom. The van der Waals surface area contributed by atoms with E-state index in [2.05, 4.69) is 24.4 Å².